The van der Waals surface area contributed by atoms with Crippen molar-refractivity contribution in [2.75, 3.05) is 0 Å². The van der Waals surface area contributed by atoms with Crippen molar-refractivity contribution in [2.45, 2.75) is 78.6 Å². The molecule has 0 amide bonds. The van der Waals surface area contributed by atoms with Crippen molar-refractivity contribution in [3.8, 4) is 18.2 Å². The van der Waals surface area contributed by atoms with Gasteiger partial charge in [-0.3, -0.25) is 0 Å². The number of benzene rings is 2. The third-order valence-corrected chi connectivity index (χ3v) is 5.48. The highest BCUT2D eigenvalue weighted by Crippen LogP contribution is 2.36. The van der Waals surface area contributed by atoms with E-state index in [1.807, 2.05) is 6.07 Å². The second-order valence-corrected chi connectivity index (χ2v) is 7.38. The van der Waals surface area contributed by atoms with Crippen LogP contribution in [0.25, 0.3) is 10.8 Å². The van der Waals surface area contributed by atoms with Crippen molar-refractivity contribution in [2.24, 2.45) is 0 Å². The molecule has 0 N–H and O–H groups in total. The predicted octanol–water partition coefficient (Wildman–Crippen LogP) is 6.48. The van der Waals surface area contributed by atoms with Gasteiger partial charge in [0.05, 0.1) is 16.7 Å². The van der Waals surface area contributed by atoms with Crippen molar-refractivity contribution >= 4 is 10.8 Å². The lowest BCUT2D eigenvalue weighted by atomic mass is 9.82. The van der Waals surface area contributed by atoms with Crippen molar-refractivity contribution < 1.29 is 0 Å². The first-order chi connectivity index (χ1) is 13.7. The van der Waals surface area contributed by atoms with Gasteiger partial charge >= 0.3 is 0 Å². The summed E-state index contributed by atoms with van der Waals surface area (Å²) in [6.45, 7) is 6.51. The standard InChI is InChI=1S/C25H29N3/c1-4-7-10-18-13-14-21-23(16-27)24(17-28)22(15-26)20(12-9-6-3)25(21)19(18)11-8-5-2/h13-14H,4-12H2,1-3H3. The molecule has 0 aliphatic carbocycles. The lowest BCUT2D eigenvalue weighted by Gasteiger charge is -2.19. The van der Waals surface area contributed by atoms with E-state index in [1.54, 1.807) is 0 Å². The molecule has 0 saturated heterocycles. The summed E-state index contributed by atoms with van der Waals surface area (Å²) in [4.78, 5) is 0. The molecule has 0 radical (unpaired) electrons. The van der Waals surface area contributed by atoms with E-state index >= 15 is 0 Å². The van der Waals surface area contributed by atoms with E-state index in [9.17, 15) is 15.8 Å². The number of unbranched alkanes of at least 4 members (excludes halogenated alkanes) is 3. The van der Waals surface area contributed by atoms with Crippen LogP contribution in [0.4, 0.5) is 0 Å². The van der Waals surface area contributed by atoms with Crippen molar-refractivity contribution in [3.63, 3.8) is 0 Å². The molecule has 0 spiro atoms. The van der Waals surface area contributed by atoms with Gasteiger partial charge in [-0.2, -0.15) is 15.8 Å². The van der Waals surface area contributed by atoms with Crippen molar-refractivity contribution in [1.29, 1.82) is 15.8 Å². The second-order valence-electron chi connectivity index (χ2n) is 7.38. The van der Waals surface area contributed by atoms with E-state index in [0.29, 0.717) is 11.1 Å². The Morgan fingerprint density at radius 3 is 1.71 bits per heavy atom. The molecular weight excluding hydrogens is 342 g/mol. The first-order valence-electron chi connectivity index (χ1n) is 10.5. The average Bonchev–Trinajstić information content (AvgIpc) is 2.73. The summed E-state index contributed by atoms with van der Waals surface area (Å²) in [5.74, 6) is 0. The number of fused-ring (bicyclic) bond motifs is 1. The summed E-state index contributed by atoms with van der Waals surface area (Å²) in [6.07, 6.45) is 9.16. The zero-order chi connectivity index (χ0) is 20.5. The van der Waals surface area contributed by atoms with Crippen LogP contribution in [0.2, 0.25) is 0 Å². The molecule has 0 unspecified atom stereocenters. The van der Waals surface area contributed by atoms with Gasteiger partial charge in [-0.1, -0.05) is 52.2 Å². The first-order valence-corrected chi connectivity index (χ1v) is 10.5. The van der Waals surface area contributed by atoms with E-state index in [4.69, 9.17) is 0 Å². The minimum atomic E-state index is 0.242. The molecule has 3 heteroatoms. The van der Waals surface area contributed by atoms with E-state index in [1.165, 1.54) is 11.1 Å². The van der Waals surface area contributed by atoms with Gasteiger partial charge in [-0.25, -0.2) is 0 Å². The molecule has 0 atom stereocenters. The third kappa shape index (κ3) is 4.18. The zero-order valence-corrected chi connectivity index (χ0v) is 17.4. The molecule has 0 heterocycles. The summed E-state index contributed by atoms with van der Waals surface area (Å²) in [7, 11) is 0. The Kier molecular flexibility index (Phi) is 8.04. The van der Waals surface area contributed by atoms with Gasteiger partial charge in [0.1, 0.15) is 18.2 Å². The highest BCUT2D eigenvalue weighted by molar-refractivity contribution is 5.98. The van der Waals surface area contributed by atoms with Gasteiger partial charge in [0.25, 0.3) is 0 Å². The lowest BCUT2D eigenvalue weighted by molar-refractivity contribution is 0.759. The Bertz CT molecular complexity index is 965. The fraction of sp³-hybridized carbons (Fsp3) is 0.480. The van der Waals surface area contributed by atoms with Crippen LogP contribution in [0.3, 0.4) is 0 Å². The quantitative estimate of drug-likeness (QED) is 0.506. The molecule has 2 rings (SSSR count). The minimum Gasteiger partial charge on any atom is -0.192 e. The van der Waals surface area contributed by atoms with Gasteiger partial charge in [0.15, 0.2) is 0 Å². The van der Waals surface area contributed by atoms with Gasteiger partial charge in [-0.05, 0) is 60.6 Å². The maximum Gasteiger partial charge on any atom is 0.102 e. The zero-order valence-electron chi connectivity index (χ0n) is 17.4. The minimum absolute atomic E-state index is 0.242. The van der Waals surface area contributed by atoms with Gasteiger partial charge in [0, 0.05) is 5.39 Å². The monoisotopic (exact) mass is 371 g/mol. The number of hydrogen-bond donors (Lipinski definition) is 0. The highest BCUT2D eigenvalue weighted by Gasteiger charge is 2.22. The second kappa shape index (κ2) is 10.5. The molecule has 0 bridgehead atoms. The molecule has 0 fully saturated rings. The number of hydrogen-bond acceptors (Lipinski definition) is 3. The summed E-state index contributed by atoms with van der Waals surface area (Å²) in [5.41, 5.74) is 4.60. The van der Waals surface area contributed by atoms with Crippen LogP contribution in [-0.2, 0) is 19.3 Å². The van der Waals surface area contributed by atoms with E-state index in [-0.39, 0.29) is 5.56 Å². The van der Waals surface area contributed by atoms with Crippen LogP contribution < -0.4 is 0 Å². The Labute approximate surface area is 169 Å². The molecule has 0 saturated carbocycles. The summed E-state index contributed by atoms with van der Waals surface area (Å²) < 4.78 is 0. The van der Waals surface area contributed by atoms with Crippen LogP contribution in [0.5, 0.6) is 0 Å². The molecule has 2 aromatic rings. The average molecular weight is 372 g/mol. The Morgan fingerprint density at radius 1 is 0.643 bits per heavy atom. The fourth-order valence-electron chi connectivity index (χ4n) is 3.97. The normalized spacial score (nSPS) is 10.4. The summed E-state index contributed by atoms with van der Waals surface area (Å²) in [6, 6.07) is 10.8. The SMILES string of the molecule is CCCCc1ccc2c(C#N)c(C#N)c(C#N)c(CCCC)c2c1CCCC. The van der Waals surface area contributed by atoms with Gasteiger partial charge in [0.2, 0.25) is 0 Å². The molecule has 144 valence electrons. The molecule has 3 nitrogen and oxygen atoms in total. The fourth-order valence-corrected chi connectivity index (χ4v) is 3.97. The van der Waals surface area contributed by atoms with Crippen molar-refractivity contribution in [1.82, 2.24) is 0 Å². The topological polar surface area (TPSA) is 71.4 Å². The Balaban J connectivity index is 2.97. The van der Waals surface area contributed by atoms with Crippen LogP contribution in [0.15, 0.2) is 12.1 Å². The largest absolute Gasteiger partial charge is 0.192 e. The molecule has 0 aliphatic heterocycles. The predicted molar refractivity (Wildman–Crippen MR) is 114 cm³/mol. The van der Waals surface area contributed by atoms with E-state index in [2.05, 4.69) is 45.0 Å². The molecule has 2 aromatic carbocycles. The summed E-state index contributed by atoms with van der Waals surface area (Å²) >= 11 is 0. The number of nitriles is 3. The summed E-state index contributed by atoms with van der Waals surface area (Å²) in [5, 5.41) is 31.3. The Hall–Kier alpha value is -2.83. The smallest absolute Gasteiger partial charge is 0.102 e. The maximum atomic E-state index is 9.88. The molecule has 0 aliphatic rings. The van der Waals surface area contributed by atoms with Crippen LogP contribution in [-0.4, -0.2) is 0 Å². The number of nitrogens with zero attached hydrogens (tertiary/aromatic N) is 3. The van der Waals surface area contributed by atoms with Crippen LogP contribution >= 0.6 is 0 Å². The van der Waals surface area contributed by atoms with Crippen LogP contribution in [0.1, 0.15) is 92.7 Å². The number of aryl methyl sites for hydroxylation is 3. The van der Waals surface area contributed by atoms with Gasteiger partial charge in [-0.15, -0.1) is 0 Å². The van der Waals surface area contributed by atoms with Crippen molar-refractivity contribution in [3.05, 3.63) is 45.5 Å². The third-order valence-electron chi connectivity index (χ3n) is 5.48. The maximum absolute atomic E-state index is 9.88. The molecule has 28 heavy (non-hydrogen) atoms. The van der Waals surface area contributed by atoms with Gasteiger partial charge < -0.3 is 0 Å². The Morgan fingerprint density at radius 2 is 1.18 bits per heavy atom. The highest BCUT2D eigenvalue weighted by atomic mass is 14.3. The molecular formula is C25H29N3. The lowest BCUT2D eigenvalue weighted by Crippen LogP contribution is -2.06. The van der Waals surface area contributed by atoms with E-state index in [0.717, 1.165) is 74.1 Å². The molecule has 0 aromatic heterocycles. The first kappa shape index (κ1) is 21.5. The number of rotatable bonds is 9. The van der Waals surface area contributed by atoms with Crippen LogP contribution in [0, 0.1) is 34.0 Å². The van der Waals surface area contributed by atoms with E-state index < -0.39 is 0 Å².